The molecule has 0 unspecified atom stereocenters. The van der Waals surface area contributed by atoms with Gasteiger partial charge in [0.2, 0.25) is 0 Å². The van der Waals surface area contributed by atoms with Crippen LogP contribution >= 0.6 is 39.1 Å². The normalized spacial score (nSPS) is 11.9. The van der Waals surface area contributed by atoms with Gasteiger partial charge < -0.3 is 0 Å². The summed E-state index contributed by atoms with van der Waals surface area (Å²) in [6.07, 6.45) is 0. The van der Waals surface area contributed by atoms with E-state index in [1.165, 1.54) is 5.56 Å². The fourth-order valence-corrected chi connectivity index (χ4v) is 2.63. The molecule has 0 aliphatic carbocycles. The van der Waals surface area contributed by atoms with Crippen LogP contribution in [0.15, 0.2) is 16.6 Å². The molecule has 0 spiro atoms. The molecule has 1 aromatic rings. The van der Waals surface area contributed by atoms with Gasteiger partial charge in [0.15, 0.2) is 0 Å². The number of rotatable bonds is 2. The van der Waals surface area contributed by atoms with Crippen molar-refractivity contribution in [2.45, 2.75) is 37.9 Å². The molecule has 0 nitrogen and oxygen atoms in total. The third-order valence-corrected chi connectivity index (χ3v) is 3.97. The van der Waals surface area contributed by atoms with Gasteiger partial charge in [0, 0.05) is 16.2 Å². The molecule has 84 valence electrons. The maximum absolute atomic E-state index is 5.91. The minimum Gasteiger partial charge on any atom is -0.122 e. The smallest absolute Gasteiger partial charge is 0.0485 e. The number of alkyl halides is 2. The molecule has 0 aliphatic rings. The fraction of sp³-hybridized carbons (Fsp3) is 0.500. The number of halogens is 3. The maximum Gasteiger partial charge on any atom is 0.0485 e. The highest BCUT2D eigenvalue weighted by Crippen LogP contribution is 2.31. The summed E-state index contributed by atoms with van der Waals surface area (Å²) in [4.78, 5) is 0. The van der Waals surface area contributed by atoms with Crippen LogP contribution in [0.2, 0.25) is 0 Å². The predicted molar refractivity (Wildman–Crippen MR) is 72.0 cm³/mol. The van der Waals surface area contributed by atoms with Crippen LogP contribution in [0, 0.1) is 0 Å². The summed E-state index contributed by atoms with van der Waals surface area (Å²) in [5.41, 5.74) is 3.62. The zero-order chi connectivity index (χ0) is 11.6. The lowest BCUT2D eigenvalue weighted by atomic mass is 9.85. The molecule has 1 rings (SSSR count). The van der Waals surface area contributed by atoms with Gasteiger partial charge in [-0.05, 0) is 22.1 Å². The molecule has 3 heteroatoms. The molecule has 0 radical (unpaired) electrons. The first-order valence-electron chi connectivity index (χ1n) is 4.84. The van der Waals surface area contributed by atoms with Gasteiger partial charge in [-0.25, -0.2) is 0 Å². The first-order valence-corrected chi connectivity index (χ1v) is 6.70. The van der Waals surface area contributed by atoms with Crippen LogP contribution in [0.3, 0.4) is 0 Å². The zero-order valence-electron chi connectivity index (χ0n) is 9.20. The highest BCUT2D eigenvalue weighted by molar-refractivity contribution is 9.10. The molecule has 0 saturated carbocycles. The van der Waals surface area contributed by atoms with E-state index in [0.717, 1.165) is 15.6 Å². The van der Waals surface area contributed by atoms with Crippen LogP contribution in [0.4, 0.5) is 0 Å². The van der Waals surface area contributed by atoms with Crippen molar-refractivity contribution in [2.24, 2.45) is 0 Å². The summed E-state index contributed by atoms with van der Waals surface area (Å²) in [6.45, 7) is 6.56. The van der Waals surface area contributed by atoms with Gasteiger partial charge in [-0.2, -0.15) is 0 Å². The van der Waals surface area contributed by atoms with Gasteiger partial charge in [0.25, 0.3) is 0 Å². The van der Waals surface area contributed by atoms with Gasteiger partial charge in [0.05, 0.1) is 0 Å². The Morgan fingerprint density at radius 3 is 1.73 bits per heavy atom. The summed E-state index contributed by atoms with van der Waals surface area (Å²) in [5, 5.41) is 0. The summed E-state index contributed by atoms with van der Waals surface area (Å²) >= 11 is 15.4. The Bertz CT molecular complexity index is 328. The first kappa shape index (κ1) is 13.3. The van der Waals surface area contributed by atoms with Crippen LogP contribution in [0.5, 0.6) is 0 Å². The average Bonchev–Trinajstić information content (AvgIpc) is 2.16. The highest BCUT2D eigenvalue weighted by Gasteiger charge is 2.17. The maximum atomic E-state index is 5.91. The highest BCUT2D eigenvalue weighted by atomic mass is 79.9. The van der Waals surface area contributed by atoms with Gasteiger partial charge in [0.1, 0.15) is 0 Å². The van der Waals surface area contributed by atoms with Crippen LogP contribution in [-0.2, 0) is 17.2 Å². The van der Waals surface area contributed by atoms with Gasteiger partial charge in [-0.1, -0.05) is 48.8 Å². The minimum atomic E-state index is 0.127. The molecule has 0 bridgehead atoms. The summed E-state index contributed by atoms with van der Waals surface area (Å²) in [7, 11) is 0. The predicted octanol–water partition coefficient (Wildman–Crippen LogP) is 5.22. The summed E-state index contributed by atoms with van der Waals surface area (Å²) in [5.74, 6) is 1.02. The number of benzene rings is 1. The van der Waals surface area contributed by atoms with Crippen LogP contribution in [0.25, 0.3) is 0 Å². The zero-order valence-corrected chi connectivity index (χ0v) is 12.3. The van der Waals surface area contributed by atoms with Crippen molar-refractivity contribution in [3.8, 4) is 0 Å². The molecule has 0 atom stereocenters. The van der Waals surface area contributed by atoms with Crippen LogP contribution in [-0.4, -0.2) is 0 Å². The average molecular weight is 310 g/mol. The Kier molecular flexibility index (Phi) is 4.51. The third kappa shape index (κ3) is 3.12. The molecular weight excluding hydrogens is 295 g/mol. The Hall–Kier alpha value is 0.280. The topological polar surface area (TPSA) is 0 Å². The van der Waals surface area contributed by atoms with Crippen LogP contribution in [0.1, 0.15) is 37.5 Å². The van der Waals surface area contributed by atoms with Crippen molar-refractivity contribution in [2.75, 3.05) is 0 Å². The monoisotopic (exact) mass is 308 g/mol. The minimum absolute atomic E-state index is 0.127. The Morgan fingerprint density at radius 2 is 1.47 bits per heavy atom. The molecule has 1 aromatic carbocycles. The molecule has 0 fully saturated rings. The number of hydrogen-bond donors (Lipinski definition) is 0. The van der Waals surface area contributed by atoms with E-state index in [4.69, 9.17) is 23.2 Å². The second-order valence-corrected chi connectivity index (χ2v) is 5.95. The molecule has 0 aliphatic heterocycles. The SMILES string of the molecule is CC(C)(C)c1cc(CCl)c(Br)c(CCl)c1. The van der Waals surface area contributed by atoms with E-state index in [-0.39, 0.29) is 5.41 Å². The van der Waals surface area contributed by atoms with Crippen molar-refractivity contribution in [1.29, 1.82) is 0 Å². The molecular formula is C12H15BrCl2. The Morgan fingerprint density at radius 1 is 1.07 bits per heavy atom. The summed E-state index contributed by atoms with van der Waals surface area (Å²) in [6, 6.07) is 4.29. The quantitative estimate of drug-likeness (QED) is 0.657. The molecule has 0 amide bonds. The van der Waals surface area contributed by atoms with Crippen molar-refractivity contribution < 1.29 is 0 Å². The van der Waals surface area contributed by atoms with Gasteiger partial charge in [-0.15, -0.1) is 23.2 Å². The van der Waals surface area contributed by atoms with Crippen molar-refractivity contribution >= 4 is 39.1 Å². The van der Waals surface area contributed by atoms with Crippen molar-refractivity contribution in [3.05, 3.63) is 33.3 Å². The lowest BCUT2D eigenvalue weighted by molar-refractivity contribution is 0.589. The van der Waals surface area contributed by atoms with Gasteiger partial charge >= 0.3 is 0 Å². The summed E-state index contributed by atoms with van der Waals surface area (Å²) < 4.78 is 1.04. The molecule has 0 N–H and O–H groups in total. The molecule has 15 heavy (non-hydrogen) atoms. The molecule has 0 saturated heterocycles. The lowest BCUT2D eigenvalue weighted by Crippen LogP contribution is -2.12. The lowest BCUT2D eigenvalue weighted by Gasteiger charge is -2.21. The van der Waals surface area contributed by atoms with E-state index in [9.17, 15) is 0 Å². The number of hydrogen-bond acceptors (Lipinski definition) is 0. The van der Waals surface area contributed by atoms with Gasteiger partial charge in [-0.3, -0.25) is 0 Å². The van der Waals surface area contributed by atoms with Crippen LogP contribution < -0.4 is 0 Å². The Balaban J connectivity index is 3.33. The fourth-order valence-electron chi connectivity index (χ4n) is 1.38. The third-order valence-electron chi connectivity index (χ3n) is 2.38. The van der Waals surface area contributed by atoms with E-state index in [1.54, 1.807) is 0 Å². The second-order valence-electron chi connectivity index (χ2n) is 4.63. The second kappa shape index (κ2) is 5.07. The van der Waals surface area contributed by atoms with Crippen molar-refractivity contribution in [1.82, 2.24) is 0 Å². The first-order chi connectivity index (χ1) is 6.90. The van der Waals surface area contributed by atoms with E-state index in [2.05, 4.69) is 48.8 Å². The largest absolute Gasteiger partial charge is 0.122 e. The van der Waals surface area contributed by atoms with E-state index < -0.39 is 0 Å². The van der Waals surface area contributed by atoms with E-state index in [1.807, 2.05) is 0 Å². The molecule has 0 heterocycles. The van der Waals surface area contributed by atoms with E-state index in [0.29, 0.717) is 11.8 Å². The van der Waals surface area contributed by atoms with E-state index >= 15 is 0 Å². The standard InChI is InChI=1S/C12H15BrCl2/c1-12(2,3)10-4-8(6-14)11(13)9(5-10)7-15/h4-5H,6-7H2,1-3H3. The van der Waals surface area contributed by atoms with Crippen molar-refractivity contribution in [3.63, 3.8) is 0 Å². The molecule has 0 aromatic heterocycles. The Labute approximate surface area is 110 Å².